The van der Waals surface area contributed by atoms with Crippen molar-refractivity contribution in [3.05, 3.63) is 47.8 Å². The molecule has 0 radical (unpaired) electrons. The molecule has 3 aromatic heterocycles. The minimum Gasteiger partial charge on any atom is -0.318 e. The maximum atomic E-state index is 12.8. The molecule has 0 saturated carbocycles. The first-order chi connectivity index (χ1) is 12.3. The normalized spacial score (nSPS) is 11.7. The smallest absolute Gasteiger partial charge is 0.318 e. The molecule has 0 aromatic carbocycles. The number of aryl methyl sites for hydroxylation is 2. The fourth-order valence-corrected chi connectivity index (χ4v) is 2.40. The highest BCUT2D eigenvalue weighted by Gasteiger charge is 2.35. The third-order valence-corrected chi connectivity index (χ3v) is 3.65. The summed E-state index contributed by atoms with van der Waals surface area (Å²) in [5.41, 5.74) is -0.0208. The van der Waals surface area contributed by atoms with Gasteiger partial charge in [-0.2, -0.15) is 28.5 Å². The van der Waals surface area contributed by atoms with E-state index in [1.54, 1.807) is 21.8 Å². The van der Waals surface area contributed by atoms with Crippen LogP contribution in [-0.2, 0) is 26.3 Å². The van der Waals surface area contributed by atoms with Crippen molar-refractivity contribution in [3.63, 3.8) is 0 Å². The van der Waals surface area contributed by atoms with Gasteiger partial charge < -0.3 is 5.32 Å². The molecule has 0 saturated heterocycles. The first-order valence-corrected chi connectivity index (χ1v) is 7.72. The number of aromatic nitrogens is 6. The van der Waals surface area contributed by atoms with Gasteiger partial charge in [0, 0.05) is 37.6 Å². The number of amides is 1. The molecule has 0 atom stereocenters. The molecule has 0 fully saturated rings. The Kier molecular flexibility index (Phi) is 4.53. The Bertz CT molecular complexity index is 922. The first-order valence-electron chi connectivity index (χ1n) is 7.72. The van der Waals surface area contributed by atoms with Crippen molar-refractivity contribution in [1.29, 1.82) is 0 Å². The lowest BCUT2D eigenvalue weighted by Crippen LogP contribution is -2.12. The van der Waals surface area contributed by atoms with Gasteiger partial charge in [0.1, 0.15) is 5.69 Å². The Hall–Kier alpha value is -3.11. The van der Waals surface area contributed by atoms with E-state index in [2.05, 4.69) is 20.6 Å². The molecule has 3 heterocycles. The van der Waals surface area contributed by atoms with E-state index in [0.29, 0.717) is 23.0 Å². The number of rotatable bonds is 5. The van der Waals surface area contributed by atoms with Gasteiger partial charge in [0.05, 0.1) is 24.6 Å². The minimum atomic E-state index is -4.58. The van der Waals surface area contributed by atoms with E-state index in [-0.39, 0.29) is 5.69 Å². The van der Waals surface area contributed by atoms with E-state index in [1.807, 2.05) is 13.1 Å². The molecular formula is C15H16F3N7O. The summed E-state index contributed by atoms with van der Waals surface area (Å²) in [6.07, 6.45) is 2.02. The SMILES string of the molecule is CCn1cc(Cn2cc(NC(=O)c3cc(C(F)(F)F)n(C)n3)cn2)cn1. The molecule has 0 aliphatic heterocycles. The number of carbonyl (C=O) groups is 1. The summed E-state index contributed by atoms with van der Waals surface area (Å²) in [4.78, 5) is 12.1. The lowest BCUT2D eigenvalue weighted by Gasteiger charge is -2.04. The van der Waals surface area contributed by atoms with Crippen LogP contribution in [0.15, 0.2) is 30.9 Å². The molecule has 0 spiro atoms. The second-order valence-electron chi connectivity index (χ2n) is 5.62. The van der Waals surface area contributed by atoms with E-state index >= 15 is 0 Å². The second kappa shape index (κ2) is 6.65. The van der Waals surface area contributed by atoms with Gasteiger partial charge in [0.15, 0.2) is 5.69 Å². The summed E-state index contributed by atoms with van der Waals surface area (Å²) < 4.78 is 42.3. The number of nitrogens with zero attached hydrogens (tertiary/aromatic N) is 6. The molecule has 11 heteroatoms. The van der Waals surface area contributed by atoms with E-state index in [9.17, 15) is 18.0 Å². The molecule has 1 N–H and O–H groups in total. The van der Waals surface area contributed by atoms with Crippen molar-refractivity contribution in [2.24, 2.45) is 7.05 Å². The van der Waals surface area contributed by atoms with Crippen molar-refractivity contribution in [3.8, 4) is 0 Å². The zero-order valence-electron chi connectivity index (χ0n) is 14.0. The fourth-order valence-electron chi connectivity index (χ4n) is 2.40. The van der Waals surface area contributed by atoms with E-state index in [1.165, 1.54) is 6.20 Å². The number of hydrogen-bond acceptors (Lipinski definition) is 4. The van der Waals surface area contributed by atoms with Crippen LogP contribution < -0.4 is 5.32 Å². The molecule has 1 amide bonds. The zero-order chi connectivity index (χ0) is 18.9. The van der Waals surface area contributed by atoms with Gasteiger partial charge >= 0.3 is 6.18 Å². The van der Waals surface area contributed by atoms with Crippen LogP contribution in [0.1, 0.15) is 28.7 Å². The molecule has 0 bridgehead atoms. The predicted molar refractivity (Wildman–Crippen MR) is 85.4 cm³/mol. The summed E-state index contributed by atoms with van der Waals surface area (Å²) >= 11 is 0. The van der Waals surface area contributed by atoms with Gasteiger partial charge in [-0.15, -0.1) is 0 Å². The lowest BCUT2D eigenvalue weighted by molar-refractivity contribution is -0.143. The van der Waals surface area contributed by atoms with E-state index < -0.39 is 17.8 Å². The predicted octanol–water partition coefficient (Wildman–Crippen LogP) is 2.15. The summed E-state index contributed by atoms with van der Waals surface area (Å²) in [6.45, 7) is 3.18. The van der Waals surface area contributed by atoms with Crippen molar-refractivity contribution < 1.29 is 18.0 Å². The van der Waals surface area contributed by atoms with Crippen LogP contribution in [0.5, 0.6) is 0 Å². The standard InChI is InChI=1S/C15H16F3N7O/c1-3-24-7-10(5-19-24)8-25-9-11(6-20-25)21-14(26)12-4-13(15(16,17)18)23(2)22-12/h4-7,9H,3,8H2,1-2H3,(H,21,26). The van der Waals surface area contributed by atoms with Crippen LogP contribution in [-0.4, -0.2) is 35.2 Å². The largest absolute Gasteiger partial charge is 0.433 e. The number of nitrogens with one attached hydrogen (secondary N) is 1. The molecular weight excluding hydrogens is 351 g/mol. The highest BCUT2D eigenvalue weighted by molar-refractivity contribution is 6.02. The van der Waals surface area contributed by atoms with Gasteiger partial charge in [-0.1, -0.05) is 0 Å². The number of alkyl halides is 3. The van der Waals surface area contributed by atoms with Crippen LogP contribution >= 0.6 is 0 Å². The second-order valence-corrected chi connectivity index (χ2v) is 5.62. The van der Waals surface area contributed by atoms with Crippen molar-refractivity contribution in [2.45, 2.75) is 26.2 Å². The first kappa shape index (κ1) is 17.7. The van der Waals surface area contributed by atoms with E-state index in [0.717, 1.165) is 19.2 Å². The molecule has 26 heavy (non-hydrogen) atoms. The fraction of sp³-hybridized carbons (Fsp3) is 0.333. The van der Waals surface area contributed by atoms with Gasteiger partial charge in [-0.3, -0.25) is 18.8 Å². The molecule has 0 aliphatic rings. The van der Waals surface area contributed by atoms with Crippen LogP contribution in [0.4, 0.5) is 18.9 Å². The molecule has 0 unspecified atom stereocenters. The molecule has 3 aromatic rings. The Balaban J connectivity index is 1.68. The highest BCUT2D eigenvalue weighted by atomic mass is 19.4. The molecule has 8 nitrogen and oxygen atoms in total. The topological polar surface area (TPSA) is 82.6 Å². The minimum absolute atomic E-state index is 0.322. The molecule has 138 valence electrons. The van der Waals surface area contributed by atoms with E-state index in [4.69, 9.17) is 0 Å². The van der Waals surface area contributed by atoms with Crippen molar-refractivity contribution in [2.75, 3.05) is 5.32 Å². The lowest BCUT2D eigenvalue weighted by atomic mass is 10.3. The van der Waals surface area contributed by atoms with Crippen LogP contribution in [0.25, 0.3) is 0 Å². The highest BCUT2D eigenvalue weighted by Crippen LogP contribution is 2.29. The summed E-state index contributed by atoms with van der Waals surface area (Å²) in [5.74, 6) is -0.741. The molecule has 0 aliphatic carbocycles. The number of hydrogen-bond donors (Lipinski definition) is 1. The van der Waals surface area contributed by atoms with Gasteiger partial charge in [-0.05, 0) is 6.92 Å². The third kappa shape index (κ3) is 3.76. The monoisotopic (exact) mass is 367 g/mol. The summed E-state index contributed by atoms with van der Waals surface area (Å²) in [5, 5.41) is 14.4. The molecule has 3 rings (SSSR count). The van der Waals surface area contributed by atoms with Crippen molar-refractivity contribution in [1.82, 2.24) is 29.3 Å². The maximum Gasteiger partial charge on any atom is 0.433 e. The van der Waals surface area contributed by atoms with Gasteiger partial charge in [-0.25, -0.2) is 0 Å². The number of halogens is 3. The average molecular weight is 367 g/mol. The number of carbonyl (C=O) groups excluding carboxylic acids is 1. The van der Waals surface area contributed by atoms with Gasteiger partial charge in [0.25, 0.3) is 5.91 Å². The third-order valence-electron chi connectivity index (χ3n) is 3.65. The van der Waals surface area contributed by atoms with Crippen LogP contribution in [0.3, 0.4) is 0 Å². The number of anilines is 1. The average Bonchev–Trinajstić information content (AvgIpc) is 3.27. The van der Waals surface area contributed by atoms with Gasteiger partial charge in [0.2, 0.25) is 0 Å². The van der Waals surface area contributed by atoms with Crippen LogP contribution in [0, 0.1) is 0 Å². The van der Waals surface area contributed by atoms with Crippen molar-refractivity contribution >= 4 is 11.6 Å². The Morgan fingerprint density at radius 3 is 2.54 bits per heavy atom. The Morgan fingerprint density at radius 2 is 1.92 bits per heavy atom. The maximum absolute atomic E-state index is 12.8. The summed E-state index contributed by atoms with van der Waals surface area (Å²) in [7, 11) is 1.13. The Morgan fingerprint density at radius 1 is 1.19 bits per heavy atom. The zero-order valence-corrected chi connectivity index (χ0v) is 14.0. The summed E-state index contributed by atoms with van der Waals surface area (Å²) in [6, 6.07) is 0.707. The van der Waals surface area contributed by atoms with Crippen LogP contribution in [0.2, 0.25) is 0 Å². The quantitative estimate of drug-likeness (QED) is 0.749. The Labute approximate surface area is 146 Å².